The number of likely N-dealkylation sites (N-methyl/N-ethyl adjacent to an activating group) is 2. The number of nitrogens with zero attached hydrogens (tertiary/aromatic N) is 3. The standard InChI is InChI=1S/C14H19F3N6S2/c1-19-14(20-2)11(24)22(12(25)23(14)21-3)9-5-4-8(7-18)10(6-9)13(15,16)17/h4-6,11-12,19-21,24-25H,1-3H3. The zero-order valence-corrected chi connectivity index (χ0v) is 15.5. The second kappa shape index (κ2) is 7.22. The Morgan fingerprint density at radius 3 is 2.20 bits per heavy atom. The molecule has 0 amide bonds. The average Bonchev–Trinajstić information content (AvgIpc) is 2.79. The predicted molar refractivity (Wildman–Crippen MR) is 95.9 cm³/mol. The van der Waals surface area contributed by atoms with Gasteiger partial charge in [0.15, 0.2) is 5.79 Å². The minimum Gasteiger partial charge on any atom is -0.329 e. The summed E-state index contributed by atoms with van der Waals surface area (Å²) in [4.78, 5) is 1.60. The maximum absolute atomic E-state index is 13.3. The van der Waals surface area contributed by atoms with E-state index in [0.29, 0.717) is 0 Å². The van der Waals surface area contributed by atoms with E-state index >= 15 is 0 Å². The van der Waals surface area contributed by atoms with E-state index in [0.717, 1.165) is 12.1 Å². The van der Waals surface area contributed by atoms with Crippen molar-refractivity contribution >= 4 is 30.9 Å². The fourth-order valence-electron chi connectivity index (χ4n) is 2.97. The Hall–Kier alpha value is -1.16. The van der Waals surface area contributed by atoms with Crippen molar-refractivity contribution in [2.45, 2.75) is 22.8 Å². The van der Waals surface area contributed by atoms with Crippen LogP contribution < -0.4 is 21.0 Å². The Labute approximate surface area is 155 Å². The number of thiol groups is 2. The number of nitriles is 1. The molecule has 2 atom stereocenters. The number of rotatable bonds is 4. The molecule has 0 saturated carbocycles. The van der Waals surface area contributed by atoms with Gasteiger partial charge in [-0.25, -0.2) is 0 Å². The van der Waals surface area contributed by atoms with Crippen LogP contribution >= 0.6 is 25.3 Å². The van der Waals surface area contributed by atoms with E-state index in [9.17, 15) is 13.2 Å². The minimum atomic E-state index is -4.63. The quantitative estimate of drug-likeness (QED) is 0.394. The zero-order valence-electron chi connectivity index (χ0n) is 13.8. The maximum atomic E-state index is 13.3. The highest BCUT2D eigenvalue weighted by Gasteiger charge is 2.54. The van der Waals surface area contributed by atoms with Gasteiger partial charge in [-0.05, 0) is 39.3 Å². The molecule has 2 rings (SSSR count). The molecule has 0 radical (unpaired) electrons. The highest BCUT2D eigenvalue weighted by Crippen LogP contribution is 2.41. The number of benzene rings is 1. The summed E-state index contributed by atoms with van der Waals surface area (Å²) in [5, 5.41) is 16.2. The van der Waals surface area contributed by atoms with Gasteiger partial charge < -0.3 is 4.90 Å². The summed E-state index contributed by atoms with van der Waals surface area (Å²) >= 11 is 9.12. The first-order chi connectivity index (χ1) is 11.7. The topological polar surface area (TPSA) is 66.4 Å². The molecule has 1 aliphatic heterocycles. The van der Waals surface area contributed by atoms with Crippen LogP contribution in [0.2, 0.25) is 0 Å². The van der Waals surface area contributed by atoms with Crippen molar-refractivity contribution in [3.05, 3.63) is 29.3 Å². The Bertz CT molecular complexity index is 674. The third-order valence-corrected chi connectivity index (χ3v) is 5.33. The van der Waals surface area contributed by atoms with E-state index in [4.69, 9.17) is 5.26 Å². The number of hydrogen-bond acceptors (Lipinski definition) is 8. The van der Waals surface area contributed by atoms with Crippen LogP contribution in [0.3, 0.4) is 0 Å². The van der Waals surface area contributed by atoms with Crippen molar-refractivity contribution < 1.29 is 13.2 Å². The van der Waals surface area contributed by atoms with Crippen molar-refractivity contribution in [3.8, 4) is 6.07 Å². The third kappa shape index (κ3) is 3.18. The molecule has 1 fully saturated rings. The summed E-state index contributed by atoms with van der Waals surface area (Å²) in [5.41, 5.74) is 1.18. The van der Waals surface area contributed by atoms with Crippen molar-refractivity contribution in [2.75, 3.05) is 26.0 Å². The Balaban J connectivity index is 2.57. The number of nitrogens with one attached hydrogen (secondary N) is 3. The fourth-order valence-corrected chi connectivity index (χ4v) is 4.29. The SMILES string of the molecule is CNN1C(S)N(c2ccc(C#N)c(C(F)(F)F)c2)C(S)C1(NC)NC. The molecule has 1 heterocycles. The molecule has 6 nitrogen and oxygen atoms in total. The van der Waals surface area contributed by atoms with Crippen LogP contribution in [0.1, 0.15) is 11.1 Å². The highest BCUT2D eigenvalue weighted by atomic mass is 32.1. The van der Waals surface area contributed by atoms with Gasteiger partial charge in [0.25, 0.3) is 0 Å². The monoisotopic (exact) mass is 392 g/mol. The number of hydrazine groups is 1. The van der Waals surface area contributed by atoms with Crippen LogP contribution in [0.25, 0.3) is 0 Å². The highest BCUT2D eigenvalue weighted by molar-refractivity contribution is 7.82. The van der Waals surface area contributed by atoms with Crippen molar-refractivity contribution in [1.82, 2.24) is 21.1 Å². The largest absolute Gasteiger partial charge is 0.417 e. The molecule has 1 aromatic carbocycles. The molecule has 11 heteroatoms. The van der Waals surface area contributed by atoms with Gasteiger partial charge in [0.2, 0.25) is 0 Å². The Kier molecular flexibility index (Phi) is 5.82. The molecule has 25 heavy (non-hydrogen) atoms. The van der Waals surface area contributed by atoms with E-state index in [2.05, 4.69) is 41.3 Å². The van der Waals surface area contributed by atoms with Gasteiger partial charge in [0.1, 0.15) is 10.9 Å². The van der Waals surface area contributed by atoms with Crippen molar-refractivity contribution in [2.24, 2.45) is 0 Å². The maximum Gasteiger partial charge on any atom is 0.417 e. The van der Waals surface area contributed by atoms with Gasteiger partial charge in [-0.15, -0.1) is 25.3 Å². The third-order valence-electron chi connectivity index (χ3n) is 4.23. The predicted octanol–water partition coefficient (Wildman–Crippen LogP) is 1.40. The Morgan fingerprint density at radius 1 is 1.20 bits per heavy atom. The second-order valence-electron chi connectivity index (χ2n) is 5.33. The van der Waals surface area contributed by atoms with Gasteiger partial charge in [0, 0.05) is 5.69 Å². The van der Waals surface area contributed by atoms with E-state index in [1.165, 1.54) is 6.07 Å². The van der Waals surface area contributed by atoms with Gasteiger partial charge in [-0.2, -0.15) is 23.4 Å². The molecule has 1 aromatic rings. The van der Waals surface area contributed by atoms with Crippen LogP contribution in [-0.2, 0) is 6.18 Å². The summed E-state index contributed by atoms with van der Waals surface area (Å²) in [6, 6.07) is 5.13. The van der Waals surface area contributed by atoms with E-state index in [-0.39, 0.29) is 5.69 Å². The fraction of sp³-hybridized carbons (Fsp3) is 0.500. The van der Waals surface area contributed by atoms with E-state index in [1.54, 1.807) is 37.1 Å². The molecule has 2 unspecified atom stereocenters. The lowest BCUT2D eigenvalue weighted by atomic mass is 10.1. The molecular weight excluding hydrogens is 373 g/mol. The lowest BCUT2D eigenvalue weighted by Crippen LogP contribution is -2.70. The first-order valence-corrected chi connectivity index (χ1v) is 8.31. The average molecular weight is 392 g/mol. The smallest absolute Gasteiger partial charge is 0.329 e. The first-order valence-electron chi connectivity index (χ1n) is 7.28. The van der Waals surface area contributed by atoms with E-state index < -0.39 is 34.0 Å². The minimum absolute atomic E-state index is 0.249. The lowest BCUT2D eigenvalue weighted by Gasteiger charge is -2.39. The first kappa shape index (κ1) is 20.2. The molecule has 1 aliphatic rings. The van der Waals surface area contributed by atoms with Gasteiger partial charge in [-0.3, -0.25) is 16.1 Å². The van der Waals surface area contributed by atoms with Gasteiger partial charge in [-0.1, -0.05) is 0 Å². The van der Waals surface area contributed by atoms with Crippen LogP contribution in [-0.4, -0.2) is 42.8 Å². The number of anilines is 1. The summed E-state index contributed by atoms with van der Waals surface area (Å²) in [6.45, 7) is 0. The molecule has 138 valence electrons. The number of alkyl halides is 3. The summed E-state index contributed by atoms with van der Waals surface area (Å²) in [5.74, 6) is -0.892. The normalized spacial score (nSPS) is 23.7. The molecule has 0 bridgehead atoms. The second-order valence-corrected chi connectivity index (χ2v) is 6.28. The molecule has 1 saturated heterocycles. The molecule has 3 N–H and O–H groups in total. The lowest BCUT2D eigenvalue weighted by molar-refractivity contribution is -0.137. The van der Waals surface area contributed by atoms with Crippen LogP contribution in [0.5, 0.6) is 0 Å². The van der Waals surface area contributed by atoms with E-state index in [1.807, 2.05) is 0 Å². The summed E-state index contributed by atoms with van der Waals surface area (Å²) in [7, 11) is 5.08. The Morgan fingerprint density at radius 2 is 1.80 bits per heavy atom. The van der Waals surface area contributed by atoms with Gasteiger partial charge >= 0.3 is 6.18 Å². The van der Waals surface area contributed by atoms with Gasteiger partial charge in [0.05, 0.1) is 17.2 Å². The molecule has 0 spiro atoms. The molecular formula is C14H19F3N6S2. The summed E-state index contributed by atoms with van der Waals surface area (Å²) in [6.07, 6.45) is -4.63. The van der Waals surface area contributed by atoms with Crippen molar-refractivity contribution in [3.63, 3.8) is 0 Å². The van der Waals surface area contributed by atoms with Crippen LogP contribution in [0.4, 0.5) is 18.9 Å². The van der Waals surface area contributed by atoms with Crippen molar-refractivity contribution in [1.29, 1.82) is 5.26 Å². The number of hydrogen-bond donors (Lipinski definition) is 5. The summed E-state index contributed by atoms with van der Waals surface area (Å²) < 4.78 is 39.8. The molecule has 0 aliphatic carbocycles. The van der Waals surface area contributed by atoms with Crippen LogP contribution in [0, 0.1) is 11.3 Å². The molecule has 0 aromatic heterocycles. The number of halogens is 3. The zero-order chi connectivity index (χ0) is 19.0. The van der Waals surface area contributed by atoms with Crippen LogP contribution in [0.15, 0.2) is 18.2 Å².